The number of Topliss-reactive ketones (excluding diaryl/α,β-unsaturated/α-hetero) is 1. The van der Waals surface area contributed by atoms with E-state index in [1.54, 1.807) is 73.2 Å². The summed E-state index contributed by atoms with van der Waals surface area (Å²) in [4.78, 5) is 44.2. The van der Waals surface area contributed by atoms with E-state index in [4.69, 9.17) is 36.4 Å². The molecule has 0 aliphatic heterocycles. The summed E-state index contributed by atoms with van der Waals surface area (Å²) in [6.07, 6.45) is 13.7. The van der Waals surface area contributed by atoms with Crippen LogP contribution in [0.2, 0.25) is 0 Å². The smallest absolute Gasteiger partial charge is 1.00 e. The van der Waals surface area contributed by atoms with Gasteiger partial charge in [-0.2, -0.15) is 35.1 Å². The van der Waals surface area contributed by atoms with Crippen LogP contribution in [0, 0.1) is 57.3 Å². The first-order chi connectivity index (χ1) is 54.3. The third-order valence-corrected chi connectivity index (χ3v) is 19.0. The number of aromatic amines is 1. The normalized spacial score (nSPS) is 10.5. The summed E-state index contributed by atoms with van der Waals surface area (Å²) >= 11 is 3.17. The Kier molecular flexibility index (Phi) is 46.1. The summed E-state index contributed by atoms with van der Waals surface area (Å²) in [5, 5.41) is 63.4. The molecule has 0 amide bonds. The molecule has 0 fully saturated rings. The van der Waals surface area contributed by atoms with Crippen molar-refractivity contribution in [2.45, 2.75) is 115 Å². The third-order valence-electron chi connectivity index (χ3n) is 18.4. The summed E-state index contributed by atoms with van der Waals surface area (Å²) < 4.78 is 0.743. The summed E-state index contributed by atoms with van der Waals surface area (Å²) in [6, 6.07) is 92.1. The van der Waals surface area contributed by atoms with Gasteiger partial charge in [0.25, 0.3) is 0 Å². The van der Waals surface area contributed by atoms with Crippen molar-refractivity contribution in [2.24, 2.45) is 5.73 Å². The van der Waals surface area contributed by atoms with Crippen molar-refractivity contribution < 1.29 is 47.4 Å². The van der Waals surface area contributed by atoms with Crippen LogP contribution >= 0.6 is 15.9 Å². The van der Waals surface area contributed by atoms with E-state index in [9.17, 15) is 19.8 Å². The van der Waals surface area contributed by atoms with Crippen molar-refractivity contribution in [3.8, 4) is 57.0 Å². The van der Waals surface area contributed by atoms with Gasteiger partial charge in [-0.1, -0.05) is 231 Å². The number of carboxylic acids is 1. The van der Waals surface area contributed by atoms with Crippen molar-refractivity contribution in [2.75, 3.05) is 0 Å². The summed E-state index contributed by atoms with van der Waals surface area (Å²) in [5.74, 6) is -0.346. The molecular formula is C100H107BBrClMgN8O7. The Morgan fingerprint density at radius 3 is 1.44 bits per heavy atom. The first kappa shape index (κ1) is 103. The average molecular weight is 1680 g/mol. The van der Waals surface area contributed by atoms with Crippen molar-refractivity contribution in [1.82, 2.24) is 24.9 Å². The van der Waals surface area contributed by atoms with E-state index in [2.05, 4.69) is 148 Å². The van der Waals surface area contributed by atoms with Crippen molar-refractivity contribution >= 4 is 79.8 Å². The summed E-state index contributed by atoms with van der Waals surface area (Å²) in [5.41, 5.74) is 29.1. The second-order valence-electron chi connectivity index (χ2n) is 26.5. The first-order valence-electron chi connectivity index (χ1n) is 36.4. The molecule has 0 spiro atoms. The number of nitrogens with zero attached hydrogens (tertiary/aromatic N) is 6. The Labute approximate surface area is 735 Å². The van der Waals surface area contributed by atoms with Gasteiger partial charge in [-0.15, -0.1) is 12.1 Å². The number of allylic oxidation sites excluding steroid dienone is 2. The molecule has 0 radical (unpaired) electrons. The Balaban J connectivity index is 0.000000498. The Morgan fingerprint density at radius 1 is 0.513 bits per heavy atom. The van der Waals surface area contributed by atoms with E-state index < -0.39 is 13.1 Å². The van der Waals surface area contributed by atoms with Crippen LogP contribution in [-0.2, 0) is 35.3 Å². The Hall–Kier alpha value is -12.1. The number of pyridine rings is 4. The van der Waals surface area contributed by atoms with E-state index in [0.29, 0.717) is 35.3 Å². The van der Waals surface area contributed by atoms with Gasteiger partial charge in [-0.25, -0.2) is 9.97 Å². The van der Waals surface area contributed by atoms with E-state index in [1.165, 1.54) is 27.8 Å². The molecular weight excluding hydrogens is 1580 g/mol. The fourth-order valence-electron chi connectivity index (χ4n) is 12.8. The minimum atomic E-state index is -1.35. The monoisotopic (exact) mass is 1680 g/mol. The largest absolute Gasteiger partial charge is 2.00 e. The second kappa shape index (κ2) is 53.3. The van der Waals surface area contributed by atoms with Gasteiger partial charge in [0.2, 0.25) is 0 Å². The van der Waals surface area contributed by atoms with Crippen LogP contribution in [0.3, 0.4) is 0 Å². The number of aliphatic carboxylic acids is 1. The van der Waals surface area contributed by atoms with Crippen LogP contribution < -0.4 is 23.6 Å². The van der Waals surface area contributed by atoms with E-state index in [1.807, 2.05) is 172 Å². The van der Waals surface area contributed by atoms with Crippen molar-refractivity contribution in [3.63, 3.8) is 0 Å². The predicted molar refractivity (Wildman–Crippen MR) is 491 cm³/mol. The average Bonchev–Trinajstić information content (AvgIpc) is 1.71. The number of nitrogens with two attached hydrogens (primary N) is 1. The van der Waals surface area contributed by atoms with Crippen LogP contribution in [0.4, 0.5) is 0 Å². The summed E-state index contributed by atoms with van der Waals surface area (Å²) in [7, 11) is -1.35. The van der Waals surface area contributed by atoms with E-state index in [0.717, 1.165) is 107 Å². The number of H-pyrrole nitrogens is 1. The number of phenolic OH excluding ortho intramolecular Hbond substituents is 2. The van der Waals surface area contributed by atoms with Gasteiger partial charge in [-0.3, -0.25) is 19.6 Å². The van der Waals surface area contributed by atoms with Gasteiger partial charge >= 0.3 is 36.1 Å². The molecule has 5 heterocycles. The molecule has 119 heavy (non-hydrogen) atoms. The number of benzene rings is 9. The molecule has 2 unspecified atom stereocenters. The minimum Gasteiger partial charge on any atom is -1.00 e. The maximum Gasteiger partial charge on any atom is 2.00 e. The van der Waals surface area contributed by atoms with Gasteiger partial charge in [0.1, 0.15) is 35.1 Å². The molecule has 1 aliphatic carbocycles. The quantitative estimate of drug-likeness (QED) is 0.0350. The van der Waals surface area contributed by atoms with Gasteiger partial charge in [0.15, 0.2) is 5.69 Å². The standard InChI is InChI=1S/C32H29NO2.C20H20N2.C13H10N2.C10H9NO3.C7H9BO2.C7H7.C6H3BrN2.5CH4.ClH.Mg/c1-22-8-5-6-11-29(22)30-12-7-17-33-32(30)26(18-23-9-3-2-4-10-23)20-28(35)19-25-14-13-24-15-16-27(34)21-31(24)25;1-15-8-5-6-11-17(15)18-12-7-13-22-20(18)19(21)14-16-9-3-2-4-10-16;1-10-5-2-3-6-11(10)12-7-4-8-15-13(12)9-14;12-7-1-2-9-8(4-7)6(5-11-9)3-10(13)14;1-6-4-2-3-5-7(6)8(9)10;1-7-5-3-2-4-6-7;7-5-2-1-3-9-6(5)4-8;;;;;;;/h2-12,14-17,21,26,34H,13,18-20H2,1H3;2-13,19H,14,21H2,1H3;2-8H,1H3;1-2,4-5,11-12H,3H2,(H,13,14);2-5,9-10H,1H3;2-6H,1H2;1-3H;5*1H4;1H;/q;;;;;-1;;;;;;;;+2/p-1. The van der Waals surface area contributed by atoms with Gasteiger partial charge in [-0.05, 0) is 202 Å². The minimum absolute atomic E-state index is 0. The molecule has 0 saturated carbocycles. The van der Waals surface area contributed by atoms with Gasteiger partial charge < -0.3 is 48.5 Å². The van der Waals surface area contributed by atoms with Crippen LogP contribution in [0.25, 0.3) is 49.9 Å². The van der Waals surface area contributed by atoms with Gasteiger partial charge in [0, 0.05) is 77.3 Å². The molecule has 0 bridgehead atoms. The van der Waals surface area contributed by atoms with Crippen LogP contribution in [0.1, 0.15) is 140 Å². The number of nitrogens with one attached hydrogen (secondary N) is 1. The number of aromatic nitrogens is 5. The Bertz CT molecular complexity index is 5550. The van der Waals surface area contributed by atoms with Gasteiger partial charge in [0.05, 0.1) is 28.3 Å². The predicted octanol–water partition coefficient (Wildman–Crippen LogP) is 18.9. The number of hydrogen-bond donors (Lipinski definition) is 7. The van der Waals surface area contributed by atoms with Crippen LogP contribution in [0.15, 0.2) is 315 Å². The number of nitriles is 2. The molecule has 19 heteroatoms. The maximum absolute atomic E-state index is 13.5. The van der Waals surface area contributed by atoms with Crippen molar-refractivity contribution in [1.29, 1.82) is 10.5 Å². The van der Waals surface area contributed by atoms with Crippen LogP contribution in [0.5, 0.6) is 11.5 Å². The number of halogens is 2. The molecule has 15 nitrogen and oxygen atoms in total. The number of fused-ring (bicyclic) bond motifs is 2. The number of carbonyl (C=O) groups excluding carboxylic acids is 1. The number of aryl methyl sites for hydroxylation is 4. The zero-order valence-electron chi connectivity index (χ0n) is 63.9. The molecule has 1 aliphatic rings. The molecule has 15 rings (SSSR count). The number of hydrogen-bond acceptors (Lipinski definition) is 13. The molecule has 8 N–H and O–H groups in total. The fraction of sp³-hybridized carbons (Fsp3) is 0.170. The number of aromatic hydroxyl groups is 2. The van der Waals surface area contributed by atoms with E-state index in [-0.39, 0.29) is 108 Å². The number of carboxylic acid groups (broad SMARTS) is 1. The van der Waals surface area contributed by atoms with Crippen LogP contribution in [-0.4, -0.2) is 92.2 Å². The molecule has 0 saturated heterocycles. The molecule has 9 aromatic carbocycles. The molecule has 5 aromatic heterocycles. The zero-order chi connectivity index (χ0) is 79.7. The fourth-order valence-corrected chi connectivity index (χ4v) is 13.1. The third kappa shape index (κ3) is 31.1. The number of phenols is 2. The molecule has 14 aromatic rings. The molecule has 2 atom stereocenters. The number of rotatable bonds is 16. The maximum atomic E-state index is 13.5. The Morgan fingerprint density at radius 2 is 0.950 bits per heavy atom. The number of carbonyl (C=O) groups is 2. The first-order valence-corrected chi connectivity index (χ1v) is 37.2. The second-order valence-corrected chi connectivity index (χ2v) is 27.3. The summed E-state index contributed by atoms with van der Waals surface area (Å²) in [6.45, 7) is 11.8. The number of ketones is 1. The SMILES string of the molecule is C.C.C.C.C.Cc1ccccc1-c1cccnc1C#N.Cc1ccccc1-c1cccnc1C(CC(=O)CC1=CCc2ccc(O)cc21)Cc1ccccc1.Cc1ccccc1-c1cccnc1C(N)Cc1ccccc1.Cc1ccccc1B(O)O.N#Cc1ncccc1Br.O=C(O)Cc1c[nH]c2ccc(O)cc12.[CH2-]c1ccccc1.[Cl-].[Mg+2]. The topological polar surface area (TPSA) is 276 Å². The molecule has 608 valence electrons. The van der Waals surface area contributed by atoms with Crippen molar-refractivity contribution in [3.05, 3.63) is 400 Å². The van der Waals surface area contributed by atoms with E-state index >= 15 is 0 Å². The zero-order valence-corrected chi connectivity index (χ0v) is 67.7.